The van der Waals surface area contributed by atoms with Gasteiger partial charge in [0.1, 0.15) is 5.75 Å². The van der Waals surface area contributed by atoms with E-state index in [1.54, 1.807) is 31.2 Å². The van der Waals surface area contributed by atoms with Crippen LogP contribution in [0.5, 0.6) is 5.75 Å². The van der Waals surface area contributed by atoms with Crippen LogP contribution in [0.1, 0.15) is 37.8 Å². The number of carbonyl (C=O) groups excluding carboxylic acids is 1. The quantitative estimate of drug-likeness (QED) is 0.657. The number of likely N-dealkylation sites (N-methyl/N-ethyl adjacent to an activating group) is 1. The fraction of sp³-hybridized carbons (Fsp3) is 0.458. The van der Waals surface area contributed by atoms with Gasteiger partial charge >= 0.3 is 0 Å². The molecule has 1 N–H and O–H groups in total. The summed E-state index contributed by atoms with van der Waals surface area (Å²) in [5, 5.41) is 2.86. The number of rotatable bonds is 8. The van der Waals surface area contributed by atoms with Crippen molar-refractivity contribution in [3.63, 3.8) is 0 Å². The van der Waals surface area contributed by atoms with Crippen molar-refractivity contribution in [1.29, 1.82) is 0 Å². The topological polar surface area (TPSA) is 78.9 Å². The van der Waals surface area contributed by atoms with E-state index in [1.807, 2.05) is 31.3 Å². The van der Waals surface area contributed by atoms with Crippen LogP contribution in [0.15, 0.2) is 53.4 Å². The van der Waals surface area contributed by atoms with Crippen LogP contribution in [0.2, 0.25) is 0 Å². The first-order chi connectivity index (χ1) is 15.2. The van der Waals surface area contributed by atoms with Crippen molar-refractivity contribution in [3.05, 3.63) is 59.7 Å². The van der Waals surface area contributed by atoms with E-state index in [-0.39, 0.29) is 10.8 Å². The van der Waals surface area contributed by atoms with Gasteiger partial charge in [0.25, 0.3) is 5.91 Å². The van der Waals surface area contributed by atoms with E-state index in [4.69, 9.17) is 4.74 Å². The van der Waals surface area contributed by atoms with Crippen LogP contribution in [0.3, 0.4) is 0 Å². The molecule has 1 aliphatic rings. The molecule has 0 spiro atoms. The molecule has 32 heavy (non-hydrogen) atoms. The number of nitrogens with one attached hydrogen (secondary N) is 1. The maximum Gasteiger partial charge on any atom is 0.261 e. The molecule has 1 fully saturated rings. The monoisotopic (exact) mass is 459 g/mol. The summed E-state index contributed by atoms with van der Waals surface area (Å²) in [5.41, 5.74) is 1.88. The van der Waals surface area contributed by atoms with Crippen molar-refractivity contribution in [3.8, 4) is 5.75 Å². The van der Waals surface area contributed by atoms with Crippen LogP contribution in [-0.2, 0) is 21.4 Å². The van der Waals surface area contributed by atoms with Crippen molar-refractivity contribution < 1.29 is 17.9 Å². The summed E-state index contributed by atoms with van der Waals surface area (Å²) < 4.78 is 33.1. The van der Waals surface area contributed by atoms with E-state index in [9.17, 15) is 13.2 Å². The minimum Gasteiger partial charge on any atom is -0.481 e. The lowest BCUT2D eigenvalue weighted by Gasteiger charge is -2.31. The normalized spacial score (nSPS) is 16.7. The summed E-state index contributed by atoms with van der Waals surface area (Å²) >= 11 is 0. The lowest BCUT2D eigenvalue weighted by Crippen LogP contribution is -2.47. The highest BCUT2D eigenvalue weighted by Crippen LogP contribution is 2.26. The molecule has 1 saturated heterocycles. The van der Waals surface area contributed by atoms with Crippen molar-refractivity contribution in [2.45, 2.75) is 44.2 Å². The highest BCUT2D eigenvalue weighted by molar-refractivity contribution is 7.89. The van der Waals surface area contributed by atoms with Gasteiger partial charge in [-0.15, -0.1) is 0 Å². The third-order valence-electron chi connectivity index (χ3n) is 5.70. The molecule has 3 rings (SSSR count). The molecule has 1 atom stereocenters. The van der Waals surface area contributed by atoms with Gasteiger partial charge in [0.2, 0.25) is 10.0 Å². The summed E-state index contributed by atoms with van der Waals surface area (Å²) in [4.78, 5) is 14.9. The smallest absolute Gasteiger partial charge is 0.261 e. The maximum atomic E-state index is 12.8. The van der Waals surface area contributed by atoms with E-state index >= 15 is 0 Å². The molecule has 174 valence electrons. The standard InChI is InChI=1S/C24H33N3O4S/c1-18(2)22-7-5-6-8-23(22)31-19(3)24(28)25-17-20-9-11-21(12-10-20)32(29,30)27-15-13-26(4)14-16-27/h5-12,18-19H,13-17H2,1-4H3,(H,25,28). The van der Waals surface area contributed by atoms with Gasteiger partial charge in [-0.05, 0) is 49.2 Å². The van der Waals surface area contributed by atoms with Gasteiger partial charge in [0.05, 0.1) is 4.90 Å². The lowest BCUT2D eigenvalue weighted by atomic mass is 10.0. The Morgan fingerprint density at radius 3 is 2.25 bits per heavy atom. The lowest BCUT2D eigenvalue weighted by molar-refractivity contribution is -0.127. The van der Waals surface area contributed by atoms with Crippen LogP contribution >= 0.6 is 0 Å². The van der Waals surface area contributed by atoms with Crippen molar-refractivity contribution in [2.24, 2.45) is 0 Å². The Hall–Kier alpha value is -2.42. The van der Waals surface area contributed by atoms with Crippen molar-refractivity contribution >= 4 is 15.9 Å². The minimum absolute atomic E-state index is 0.224. The Morgan fingerprint density at radius 2 is 1.62 bits per heavy atom. The first kappa shape index (κ1) is 24.2. The number of hydrogen-bond acceptors (Lipinski definition) is 5. The number of carbonyl (C=O) groups is 1. The fourth-order valence-electron chi connectivity index (χ4n) is 3.60. The van der Waals surface area contributed by atoms with Crippen LogP contribution in [0, 0.1) is 0 Å². The molecule has 0 saturated carbocycles. The van der Waals surface area contributed by atoms with Crippen LogP contribution < -0.4 is 10.1 Å². The molecule has 2 aromatic carbocycles. The number of nitrogens with zero attached hydrogens (tertiary/aromatic N) is 2. The molecular weight excluding hydrogens is 426 g/mol. The first-order valence-electron chi connectivity index (χ1n) is 11.0. The first-order valence-corrected chi connectivity index (χ1v) is 12.4. The SMILES string of the molecule is CC(Oc1ccccc1C(C)C)C(=O)NCc1ccc(S(=O)(=O)N2CCN(C)CC2)cc1. The molecule has 2 aromatic rings. The van der Waals surface area contributed by atoms with Gasteiger partial charge < -0.3 is 15.0 Å². The zero-order chi connectivity index (χ0) is 23.3. The number of benzene rings is 2. The maximum absolute atomic E-state index is 12.8. The molecule has 1 aliphatic heterocycles. The summed E-state index contributed by atoms with van der Waals surface area (Å²) in [6, 6.07) is 14.4. The minimum atomic E-state index is -3.49. The highest BCUT2D eigenvalue weighted by atomic mass is 32.2. The Kier molecular flexibility index (Phi) is 7.92. The number of hydrogen-bond donors (Lipinski definition) is 1. The molecular formula is C24H33N3O4S. The molecule has 8 heteroatoms. The van der Waals surface area contributed by atoms with E-state index in [2.05, 4.69) is 24.1 Å². The molecule has 0 aliphatic carbocycles. The van der Waals surface area contributed by atoms with Crippen LogP contribution in [0.4, 0.5) is 0 Å². The molecule has 0 aromatic heterocycles. The number of ether oxygens (including phenoxy) is 1. The Bertz CT molecular complexity index is 1010. The second-order valence-corrected chi connectivity index (χ2v) is 10.5. The third-order valence-corrected chi connectivity index (χ3v) is 7.62. The molecule has 0 bridgehead atoms. The molecule has 0 radical (unpaired) electrons. The van der Waals surface area contributed by atoms with Crippen LogP contribution in [-0.4, -0.2) is 62.9 Å². The average molecular weight is 460 g/mol. The van der Waals surface area contributed by atoms with Gasteiger partial charge in [-0.1, -0.05) is 44.2 Å². The van der Waals surface area contributed by atoms with E-state index in [0.717, 1.165) is 24.2 Å². The number of sulfonamides is 1. The average Bonchev–Trinajstić information content (AvgIpc) is 2.78. The second-order valence-electron chi connectivity index (χ2n) is 8.52. The third kappa shape index (κ3) is 5.88. The zero-order valence-corrected chi connectivity index (χ0v) is 20.1. The number of amides is 1. The van der Waals surface area contributed by atoms with E-state index < -0.39 is 16.1 Å². The molecule has 1 amide bonds. The van der Waals surface area contributed by atoms with Gasteiger partial charge in [-0.2, -0.15) is 4.31 Å². The van der Waals surface area contributed by atoms with E-state index in [0.29, 0.717) is 31.3 Å². The Labute approximate surface area is 191 Å². The van der Waals surface area contributed by atoms with Gasteiger partial charge in [0, 0.05) is 32.7 Å². The summed E-state index contributed by atoms with van der Waals surface area (Å²) in [7, 11) is -1.51. The van der Waals surface area contributed by atoms with Gasteiger partial charge in [0.15, 0.2) is 6.10 Å². The molecule has 1 unspecified atom stereocenters. The van der Waals surface area contributed by atoms with E-state index in [1.165, 1.54) is 4.31 Å². The van der Waals surface area contributed by atoms with Gasteiger partial charge in [-0.3, -0.25) is 4.79 Å². The van der Waals surface area contributed by atoms with Gasteiger partial charge in [-0.25, -0.2) is 8.42 Å². The van der Waals surface area contributed by atoms with Crippen molar-refractivity contribution in [2.75, 3.05) is 33.2 Å². The summed E-state index contributed by atoms with van der Waals surface area (Å²) in [5.74, 6) is 0.781. The Balaban J connectivity index is 1.56. The fourth-order valence-corrected chi connectivity index (χ4v) is 5.02. The summed E-state index contributed by atoms with van der Waals surface area (Å²) in [6.07, 6.45) is -0.646. The van der Waals surface area contributed by atoms with Crippen LogP contribution in [0.25, 0.3) is 0 Å². The largest absolute Gasteiger partial charge is 0.481 e. The highest BCUT2D eigenvalue weighted by Gasteiger charge is 2.27. The molecule has 1 heterocycles. The number of piperazine rings is 1. The van der Waals surface area contributed by atoms with Crippen molar-refractivity contribution in [1.82, 2.24) is 14.5 Å². The Morgan fingerprint density at radius 1 is 1.00 bits per heavy atom. The predicted molar refractivity (Wildman–Crippen MR) is 125 cm³/mol. The predicted octanol–water partition coefficient (Wildman–Crippen LogP) is 2.83. The second kappa shape index (κ2) is 10.5. The molecule has 7 nitrogen and oxygen atoms in total. The number of para-hydroxylation sites is 1. The zero-order valence-electron chi connectivity index (χ0n) is 19.2. The summed E-state index contributed by atoms with van der Waals surface area (Å²) in [6.45, 7) is 8.63.